The predicted molar refractivity (Wildman–Crippen MR) is 177 cm³/mol. The Balaban J connectivity index is 1.11. The summed E-state index contributed by atoms with van der Waals surface area (Å²) in [5.41, 5.74) is 0.869. The fraction of sp³-hybridized carbons (Fsp3) is 0.919. The Labute approximate surface area is 273 Å². The van der Waals surface area contributed by atoms with Crippen molar-refractivity contribution in [3.8, 4) is 0 Å². The number of carbonyl (C=O) groups excluding carboxylic acids is 1. The lowest BCUT2D eigenvalue weighted by Gasteiger charge is -2.26. The SMILES string of the molecule is CCCC[C@@H](O)[C@@H](O)[C@@H]1CC[C@@H]([C@@H](O)CC[C@H](O)[C@@H]2CC[C@@H](CCCCCCCCCCCCCCC3=C[C@H](C)OC3=O)O2)O1. The highest BCUT2D eigenvalue weighted by Gasteiger charge is 2.38. The molecule has 0 bridgehead atoms. The number of hydrogen-bond acceptors (Lipinski definition) is 8. The Hall–Kier alpha value is -1.03. The zero-order chi connectivity index (χ0) is 32.4. The largest absolute Gasteiger partial charge is 0.455 e. The monoisotopic (exact) mass is 638 g/mol. The number of esters is 1. The van der Waals surface area contributed by atoms with Crippen LogP contribution in [0, 0.1) is 0 Å². The normalized spacial score (nSPS) is 27.8. The molecule has 3 heterocycles. The van der Waals surface area contributed by atoms with Crippen molar-refractivity contribution >= 4 is 5.97 Å². The molecule has 0 aliphatic carbocycles. The molecule has 45 heavy (non-hydrogen) atoms. The summed E-state index contributed by atoms with van der Waals surface area (Å²) in [7, 11) is 0. The standard InChI is InChI=1S/C37H66O8/c1-3-4-19-32(40)36(41)35-25-24-34(45-35)31(39)22-21-30(38)33-23-20-29(44-33)18-16-14-12-10-8-6-5-7-9-11-13-15-17-28-26-27(2)43-37(28)42/h26-27,29-36,38-41H,3-25H2,1-2H3/t27-,29+,30-,31-,32+,33-,34-,35-,36+/m0/s1. The fourth-order valence-corrected chi connectivity index (χ4v) is 7.27. The predicted octanol–water partition coefficient (Wildman–Crippen LogP) is 6.83. The van der Waals surface area contributed by atoms with Gasteiger partial charge < -0.3 is 34.6 Å². The van der Waals surface area contributed by atoms with Crippen molar-refractivity contribution in [1.29, 1.82) is 0 Å². The minimum atomic E-state index is -0.916. The van der Waals surface area contributed by atoms with Gasteiger partial charge in [-0.15, -0.1) is 0 Å². The van der Waals surface area contributed by atoms with Crippen LogP contribution in [0.1, 0.15) is 162 Å². The molecule has 8 nitrogen and oxygen atoms in total. The summed E-state index contributed by atoms with van der Waals surface area (Å²) in [6, 6.07) is 0. The second-order valence-electron chi connectivity index (χ2n) is 14.2. The number of aliphatic hydroxyl groups excluding tert-OH is 4. The number of hydrogen-bond donors (Lipinski definition) is 4. The summed E-state index contributed by atoms with van der Waals surface area (Å²) < 4.78 is 17.2. The minimum absolute atomic E-state index is 0.0479. The van der Waals surface area contributed by atoms with Crippen molar-refractivity contribution in [2.75, 3.05) is 0 Å². The van der Waals surface area contributed by atoms with Gasteiger partial charge in [-0.1, -0.05) is 90.4 Å². The molecule has 0 radical (unpaired) electrons. The maximum Gasteiger partial charge on any atom is 0.334 e. The zero-order valence-electron chi connectivity index (χ0n) is 28.5. The third-order valence-corrected chi connectivity index (χ3v) is 10.2. The number of aliphatic hydroxyl groups is 4. The molecule has 0 unspecified atom stereocenters. The summed E-state index contributed by atoms with van der Waals surface area (Å²) in [4.78, 5) is 11.6. The zero-order valence-corrected chi connectivity index (χ0v) is 28.5. The average molecular weight is 639 g/mol. The van der Waals surface area contributed by atoms with Crippen LogP contribution in [0.25, 0.3) is 0 Å². The highest BCUT2D eigenvalue weighted by atomic mass is 16.5. The smallest absolute Gasteiger partial charge is 0.334 e. The first kappa shape index (κ1) is 38.4. The van der Waals surface area contributed by atoms with Crippen LogP contribution in [-0.2, 0) is 19.0 Å². The van der Waals surface area contributed by atoms with E-state index in [0.29, 0.717) is 32.1 Å². The summed E-state index contributed by atoms with van der Waals surface area (Å²) in [6.07, 6.45) is 21.8. The quantitative estimate of drug-likeness (QED) is 0.0634. The first-order valence-corrected chi connectivity index (χ1v) is 18.7. The van der Waals surface area contributed by atoms with Gasteiger partial charge in [-0.2, -0.15) is 0 Å². The average Bonchev–Trinajstić information content (AvgIpc) is 3.78. The molecule has 8 heteroatoms. The minimum Gasteiger partial charge on any atom is -0.455 e. The Kier molecular flexibility index (Phi) is 18.6. The molecule has 0 aromatic carbocycles. The Morgan fingerprint density at radius 2 is 1.22 bits per heavy atom. The number of unbranched alkanes of at least 4 members (excludes halogenated alkanes) is 12. The molecule has 3 rings (SSSR count). The summed E-state index contributed by atoms with van der Waals surface area (Å²) in [5.74, 6) is -0.119. The molecule has 0 amide bonds. The van der Waals surface area contributed by atoms with E-state index < -0.39 is 30.5 Å². The van der Waals surface area contributed by atoms with E-state index >= 15 is 0 Å². The Morgan fingerprint density at radius 1 is 0.689 bits per heavy atom. The van der Waals surface area contributed by atoms with Gasteiger partial charge in [-0.25, -0.2) is 4.79 Å². The van der Waals surface area contributed by atoms with Crippen LogP contribution in [0.3, 0.4) is 0 Å². The van der Waals surface area contributed by atoms with Crippen LogP contribution in [-0.4, -0.2) is 81.3 Å². The summed E-state index contributed by atoms with van der Waals surface area (Å²) in [6.45, 7) is 3.97. The fourth-order valence-electron chi connectivity index (χ4n) is 7.27. The number of cyclic esters (lactones) is 1. The molecule has 0 aromatic heterocycles. The van der Waals surface area contributed by atoms with E-state index in [4.69, 9.17) is 14.2 Å². The molecule has 262 valence electrons. The van der Waals surface area contributed by atoms with Crippen LogP contribution in [0.2, 0.25) is 0 Å². The third kappa shape index (κ3) is 14.3. The van der Waals surface area contributed by atoms with E-state index in [1.54, 1.807) is 0 Å². The molecular formula is C37H66O8. The lowest BCUT2D eigenvalue weighted by Crippen LogP contribution is -2.39. The number of carbonyl (C=O) groups is 1. The maximum atomic E-state index is 11.6. The van der Waals surface area contributed by atoms with Crippen molar-refractivity contribution in [2.24, 2.45) is 0 Å². The van der Waals surface area contributed by atoms with Gasteiger partial charge in [0.1, 0.15) is 12.2 Å². The van der Waals surface area contributed by atoms with Crippen LogP contribution in [0.15, 0.2) is 11.6 Å². The summed E-state index contributed by atoms with van der Waals surface area (Å²) in [5, 5.41) is 42.0. The third-order valence-electron chi connectivity index (χ3n) is 10.2. The molecule has 3 aliphatic heterocycles. The van der Waals surface area contributed by atoms with Crippen molar-refractivity contribution in [1.82, 2.24) is 0 Å². The molecule has 4 N–H and O–H groups in total. The van der Waals surface area contributed by atoms with Gasteiger partial charge >= 0.3 is 5.97 Å². The maximum absolute atomic E-state index is 11.6. The van der Waals surface area contributed by atoms with Crippen LogP contribution in [0.4, 0.5) is 0 Å². The topological polar surface area (TPSA) is 126 Å². The number of ether oxygens (including phenoxy) is 3. The highest BCUT2D eigenvalue weighted by molar-refractivity contribution is 5.90. The van der Waals surface area contributed by atoms with Crippen LogP contribution < -0.4 is 0 Å². The molecule has 0 spiro atoms. The van der Waals surface area contributed by atoms with Gasteiger partial charge in [-0.3, -0.25) is 0 Å². The van der Waals surface area contributed by atoms with E-state index in [-0.39, 0.29) is 30.4 Å². The van der Waals surface area contributed by atoms with Gasteiger partial charge in [0.05, 0.1) is 42.7 Å². The van der Waals surface area contributed by atoms with Crippen LogP contribution >= 0.6 is 0 Å². The number of rotatable bonds is 25. The molecule has 2 fully saturated rings. The summed E-state index contributed by atoms with van der Waals surface area (Å²) >= 11 is 0. The van der Waals surface area contributed by atoms with Crippen molar-refractivity contribution in [3.63, 3.8) is 0 Å². The van der Waals surface area contributed by atoms with E-state index in [1.807, 2.05) is 13.0 Å². The molecule has 0 saturated carbocycles. The molecule has 2 saturated heterocycles. The Morgan fingerprint density at radius 3 is 1.80 bits per heavy atom. The molecule has 9 atom stereocenters. The van der Waals surface area contributed by atoms with E-state index in [2.05, 4.69) is 6.92 Å². The molecule has 3 aliphatic rings. The Bertz CT molecular complexity index is 833. The van der Waals surface area contributed by atoms with Gasteiger partial charge in [0.25, 0.3) is 0 Å². The van der Waals surface area contributed by atoms with Gasteiger partial charge in [0.15, 0.2) is 0 Å². The van der Waals surface area contributed by atoms with Crippen molar-refractivity contribution in [3.05, 3.63) is 11.6 Å². The van der Waals surface area contributed by atoms with E-state index in [0.717, 1.165) is 50.5 Å². The highest BCUT2D eigenvalue weighted by Crippen LogP contribution is 2.31. The van der Waals surface area contributed by atoms with Gasteiger partial charge in [-0.05, 0) is 77.2 Å². The van der Waals surface area contributed by atoms with Gasteiger partial charge in [0, 0.05) is 5.57 Å². The van der Waals surface area contributed by atoms with Gasteiger partial charge in [0.2, 0.25) is 0 Å². The van der Waals surface area contributed by atoms with E-state index in [1.165, 1.54) is 70.6 Å². The second kappa shape index (κ2) is 21.8. The molecule has 0 aromatic rings. The van der Waals surface area contributed by atoms with Crippen LogP contribution in [0.5, 0.6) is 0 Å². The van der Waals surface area contributed by atoms with E-state index in [9.17, 15) is 25.2 Å². The lowest BCUT2D eigenvalue weighted by molar-refractivity contribution is -0.139. The van der Waals surface area contributed by atoms with Crippen molar-refractivity contribution < 1.29 is 39.4 Å². The lowest BCUT2D eigenvalue weighted by atomic mass is 9.98. The van der Waals surface area contributed by atoms with Crippen molar-refractivity contribution in [2.45, 2.75) is 216 Å². The second-order valence-corrected chi connectivity index (χ2v) is 14.2. The first-order valence-electron chi connectivity index (χ1n) is 18.7. The first-order chi connectivity index (χ1) is 21.8. The molecular weight excluding hydrogens is 572 g/mol.